The molecule has 0 radical (unpaired) electrons. The number of imide groups is 1. The van der Waals surface area contributed by atoms with Gasteiger partial charge in [-0.2, -0.15) is 0 Å². The fourth-order valence-electron chi connectivity index (χ4n) is 4.96. The monoisotopic (exact) mass is 310 g/mol. The van der Waals surface area contributed by atoms with Gasteiger partial charge in [0.05, 0.1) is 22.4 Å². The third-order valence-corrected chi connectivity index (χ3v) is 5.96. The molecule has 6 heteroatoms. The molecule has 23 heavy (non-hydrogen) atoms. The van der Waals surface area contributed by atoms with Crippen LogP contribution in [-0.4, -0.2) is 16.7 Å². The van der Waals surface area contributed by atoms with Crippen LogP contribution in [0.3, 0.4) is 0 Å². The van der Waals surface area contributed by atoms with E-state index in [2.05, 4.69) is 12.2 Å². The largest absolute Gasteiger partial charge is 0.274 e. The lowest BCUT2D eigenvalue weighted by Crippen LogP contribution is -2.40. The van der Waals surface area contributed by atoms with Crippen molar-refractivity contribution in [3.8, 4) is 0 Å². The van der Waals surface area contributed by atoms with Crippen molar-refractivity contribution in [1.29, 1.82) is 0 Å². The lowest BCUT2D eigenvalue weighted by Gasteiger charge is -2.37. The number of allylic oxidation sites excluding steroid dienone is 2. The summed E-state index contributed by atoms with van der Waals surface area (Å²) in [6.07, 6.45) is 5.34. The Bertz CT molecular complexity index is 766. The zero-order valence-corrected chi connectivity index (χ0v) is 12.2. The van der Waals surface area contributed by atoms with Gasteiger partial charge in [-0.3, -0.25) is 19.7 Å². The molecule has 1 heterocycles. The molecule has 3 fully saturated rings. The van der Waals surface area contributed by atoms with E-state index >= 15 is 0 Å². The van der Waals surface area contributed by atoms with E-state index < -0.39 is 4.92 Å². The minimum atomic E-state index is -0.512. The summed E-state index contributed by atoms with van der Waals surface area (Å²) in [5.74, 6) is 0.489. The van der Waals surface area contributed by atoms with E-state index in [0.29, 0.717) is 17.5 Å². The maximum Gasteiger partial charge on any atom is 0.271 e. The summed E-state index contributed by atoms with van der Waals surface area (Å²) in [7, 11) is 0. The summed E-state index contributed by atoms with van der Waals surface area (Å²) in [4.78, 5) is 37.4. The number of amides is 2. The molecule has 6 nitrogen and oxygen atoms in total. The highest BCUT2D eigenvalue weighted by atomic mass is 16.6. The van der Waals surface area contributed by atoms with Crippen molar-refractivity contribution in [2.24, 2.45) is 35.5 Å². The lowest BCUT2D eigenvalue weighted by atomic mass is 9.63. The summed E-state index contributed by atoms with van der Waals surface area (Å²) in [5.41, 5.74) is 0.207. The van der Waals surface area contributed by atoms with Crippen molar-refractivity contribution < 1.29 is 14.5 Å². The van der Waals surface area contributed by atoms with Gasteiger partial charge in [0.15, 0.2) is 0 Å². The highest BCUT2D eigenvalue weighted by molar-refractivity contribution is 6.22. The van der Waals surface area contributed by atoms with Gasteiger partial charge in [-0.15, -0.1) is 0 Å². The molecular weight excluding hydrogens is 296 g/mol. The van der Waals surface area contributed by atoms with Crippen LogP contribution in [0.4, 0.5) is 11.4 Å². The first-order valence-electron chi connectivity index (χ1n) is 7.88. The van der Waals surface area contributed by atoms with E-state index in [0.717, 1.165) is 6.42 Å². The number of benzene rings is 1. The van der Waals surface area contributed by atoms with Crippen molar-refractivity contribution in [2.45, 2.75) is 6.42 Å². The number of non-ortho nitro benzene ring substituents is 1. The molecule has 2 bridgehead atoms. The molecular formula is C17H14N2O4. The first-order valence-corrected chi connectivity index (χ1v) is 7.88. The third kappa shape index (κ3) is 1.53. The third-order valence-electron chi connectivity index (χ3n) is 5.96. The summed E-state index contributed by atoms with van der Waals surface area (Å²) in [6, 6.07) is 5.78. The predicted octanol–water partition coefficient (Wildman–Crippen LogP) is 2.15. The minimum Gasteiger partial charge on any atom is -0.274 e. The number of hydrogen-bond acceptors (Lipinski definition) is 4. The van der Waals surface area contributed by atoms with Crippen molar-refractivity contribution >= 4 is 23.2 Å². The van der Waals surface area contributed by atoms with Crippen LogP contribution in [0.15, 0.2) is 36.4 Å². The second-order valence-electron chi connectivity index (χ2n) is 6.94. The van der Waals surface area contributed by atoms with Gasteiger partial charge in [0, 0.05) is 12.1 Å². The molecule has 1 saturated heterocycles. The number of hydrogen-bond donors (Lipinski definition) is 0. The van der Waals surface area contributed by atoms with Crippen LogP contribution in [0.2, 0.25) is 0 Å². The molecule has 2 amide bonds. The van der Waals surface area contributed by atoms with E-state index in [-0.39, 0.29) is 41.2 Å². The van der Waals surface area contributed by atoms with Crippen LogP contribution < -0.4 is 4.90 Å². The van der Waals surface area contributed by atoms with Crippen LogP contribution in [0, 0.1) is 45.6 Å². The molecule has 6 atom stereocenters. The number of carbonyl (C=O) groups is 2. The van der Waals surface area contributed by atoms with E-state index in [1.807, 2.05) is 0 Å². The van der Waals surface area contributed by atoms with Gasteiger partial charge >= 0.3 is 0 Å². The van der Waals surface area contributed by atoms with E-state index in [1.165, 1.54) is 23.1 Å². The Kier molecular flexibility index (Phi) is 2.30. The van der Waals surface area contributed by atoms with Gasteiger partial charge in [-0.1, -0.05) is 18.2 Å². The molecule has 2 saturated carbocycles. The van der Waals surface area contributed by atoms with Crippen LogP contribution in [0.1, 0.15) is 6.42 Å². The summed E-state index contributed by atoms with van der Waals surface area (Å²) in [5, 5.41) is 11.0. The Labute approximate surface area is 131 Å². The predicted molar refractivity (Wildman–Crippen MR) is 80.3 cm³/mol. The number of anilines is 1. The number of nitro benzene ring substituents is 1. The SMILES string of the molecule is O=C1[C@@H]2[C@@H]3C=C[C@H]([C@H]4C[C@@H]34)[C@@H]2C(=O)N1c1cccc([N+](=O)[O-])c1. The number of carbonyl (C=O) groups excluding carboxylic acids is 2. The molecule has 0 aromatic heterocycles. The minimum absolute atomic E-state index is 0.109. The van der Waals surface area contributed by atoms with Crippen molar-refractivity contribution in [2.75, 3.05) is 4.90 Å². The Morgan fingerprint density at radius 1 is 1.04 bits per heavy atom. The normalized spacial score (nSPS) is 39.4. The summed E-state index contributed by atoms with van der Waals surface area (Å²) in [6.45, 7) is 0. The number of nitrogens with zero attached hydrogens (tertiary/aromatic N) is 2. The molecule has 0 spiro atoms. The Morgan fingerprint density at radius 3 is 2.22 bits per heavy atom. The van der Waals surface area contributed by atoms with Gasteiger partial charge < -0.3 is 0 Å². The number of nitro groups is 1. The zero-order chi connectivity index (χ0) is 15.9. The van der Waals surface area contributed by atoms with Crippen molar-refractivity contribution in [3.05, 3.63) is 46.5 Å². The van der Waals surface area contributed by atoms with Gasteiger partial charge in [0.2, 0.25) is 11.8 Å². The van der Waals surface area contributed by atoms with Crippen LogP contribution >= 0.6 is 0 Å². The Morgan fingerprint density at radius 2 is 1.65 bits per heavy atom. The molecule has 1 aliphatic heterocycles. The average molecular weight is 310 g/mol. The van der Waals surface area contributed by atoms with E-state index in [9.17, 15) is 19.7 Å². The number of rotatable bonds is 2. The van der Waals surface area contributed by atoms with Crippen LogP contribution in [-0.2, 0) is 9.59 Å². The van der Waals surface area contributed by atoms with Gasteiger partial charge in [0.1, 0.15) is 0 Å². The smallest absolute Gasteiger partial charge is 0.271 e. The van der Waals surface area contributed by atoms with E-state index in [4.69, 9.17) is 0 Å². The molecule has 1 aromatic rings. The van der Waals surface area contributed by atoms with Gasteiger partial charge in [-0.05, 0) is 36.2 Å². The zero-order valence-electron chi connectivity index (χ0n) is 12.2. The van der Waals surface area contributed by atoms with Crippen molar-refractivity contribution in [1.82, 2.24) is 0 Å². The van der Waals surface area contributed by atoms with Crippen molar-refractivity contribution in [3.63, 3.8) is 0 Å². The molecule has 4 aliphatic carbocycles. The highest BCUT2D eigenvalue weighted by Gasteiger charge is 2.67. The molecule has 0 N–H and O–H groups in total. The molecule has 0 unspecified atom stereocenters. The molecule has 1 aromatic carbocycles. The second-order valence-corrected chi connectivity index (χ2v) is 6.94. The quantitative estimate of drug-likeness (QED) is 0.363. The summed E-state index contributed by atoms with van der Waals surface area (Å²) >= 11 is 0. The van der Waals surface area contributed by atoms with Crippen LogP contribution in [0.25, 0.3) is 0 Å². The second kappa shape index (κ2) is 4.07. The first kappa shape index (κ1) is 13.0. The fraction of sp³-hybridized carbons (Fsp3) is 0.412. The van der Waals surface area contributed by atoms with Gasteiger partial charge in [0.25, 0.3) is 5.69 Å². The summed E-state index contributed by atoms with van der Waals surface area (Å²) < 4.78 is 0. The Balaban J connectivity index is 1.57. The molecule has 6 rings (SSSR count). The maximum absolute atomic E-state index is 12.9. The molecule has 5 aliphatic rings. The fourth-order valence-corrected chi connectivity index (χ4v) is 4.96. The molecule has 116 valence electrons. The lowest BCUT2D eigenvalue weighted by molar-refractivity contribution is -0.384. The van der Waals surface area contributed by atoms with Gasteiger partial charge in [-0.25, -0.2) is 4.90 Å². The van der Waals surface area contributed by atoms with Crippen LogP contribution in [0.5, 0.6) is 0 Å². The average Bonchev–Trinajstić information content (AvgIpc) is 3.32. The Hall–Kier alpha value is -2.50. The first-order chi connectivity index (χ1) is 11.1. The highest BCUT2D eigenvalue weighted by Crippen LogP contribution is 2.65. The maximum atomic E-state index is 12.9. The topological polar surface area (TPSA) is 80.5 Å². The standard InChI is InChI=1S/C17H14N2O4/c20-16-14-10-4-5-11(13-7-12(10)13)15(14)17(21)18(16)8-2-1-3-9(6-8)19(22)23/h1-6,10-15H,7H2/t10-,11-,12-,13+,14+,15-/m1/s1. The van der Waals surface area contributed by atoms with E-state index in [1.54, 1.807) is 6.07 Å².